The molecule has 0 atom stereocenters. The maximum Gasteiger partial charge on any atom is 0.203 e. The second kappa shape index (κ2) is 4.25. The summed E-state index contributed by atoms with van der Waals surface area (Å²) >= 11 is 0. The molecule has 2 aromatic rings. The summed E-state index contributed by atoms with van der Waals surface area (Å²) in [5.41, 5.74) is 1.97. The van der Waals surface area contributed by atoms with Crippen LogP contribution < -0.4 is 9.64 Å². The van der Waals surface area contributed by atoms with E-state index in [1.54, 1.807) is 7.11 Å². The number of hydrogen-bond acceptors (Lipinski definition) is 4. The lowest BCUT2D eigenvalue weighted by Gasteiger charge is -2.26. The van der Waals surface area contributed by atoms with Crippen molar-refractivity contribution in [1.82, 2.24) is 9.97 Å². The molecule has 1 aliphatic rings. The first-order valence-electron chi connectivity index (χ1n) is 5.73. The number of hydrogen-bond donors (Lipinski definition) is 1. The second-order valence-corrected chi connectivity index (χ2v) is 4.04. The maximum atomic E-state index is 5.33. The van der Waals surface area contributed by atoms with Crippen LogP contribution in [-0.4, -0.2) is 43.4 Å². The van der Waals surface area contributed by atoms with Crippen LogP contribution in [-0.2, 0) is 4.74 Å². The van der Waals surface area contributed by atoms with Gasteiger partial charge in [-0.05, 0) is 12.1 Å². The van der Waals surface area contributed by atoms with Crippen molar-refractivity contribution >= 4 is 17.0 Å². The lowest BCUT2D eigenvalue weighted by Crippen LogP contribution is -2.36. The minimum atomic E-state index is 0.764. The first-order chi connectivity index (χ1) is 8.36. The Kier molecular flexibility index (Phi) is 2.60. The second-order valence-electron chi connectivity index (χ2n) is 4.04. The number of anilines is 1. The van der Waals surface area contributed by atoms with Crippen LogP contribution in [0.15, 0.2) is 18.2 Å². The number of H-pyrrole nitrogens is 1. The van der Waals surface area contributed by atoms with Gasteiger partial charge in [-0.2, -0.15) is 0 Å². The van der Waals surface area contributed by atoms with Crippen LogP contribution in [0, 0.1) is 0 Å². The van der Waals surface area contributed by atoms with Crippen molar-refractivity contribution in [3.8, 4) is 5.75 Å². The fourth-order valence-corrected chi connectivity index (χ4v) is 2.03. The highest BCUT2D eigenvalue weighted by atomic mass is 16.5. The van der Waals surface area contributed by atoms with Gasteiger partial charge in [-0.15, -0.1) is 0 Å². The maximum absolute atomic E-state index is 5.33. The molecule has 0 unspecified atom stereocenters. The van der Waals surface area contributed by atoms with E-state index in [0.717, 1.165) is 49.0 Å². The lowest BCUT2D eigenvalue weighted by atomic mass is 10.3. The van der Waals surface area contributed by atoms with Gasteiger partial charge in [-0.3, -0.25) is 0 Å². The average molecular weight is 233 g/mol. The number of aromatic amines is 1. The topological polar surface area (TPSA) is 50.4 Å². The molecule has 0 radical (unpaired) electrons. The van der Waals surface area contributed by atoms with Crippen molar-refractivity contribution in [2.75, 3.05) is 38.3 Å². The third-order valence-electron chi connectivity index (χ3n) is 2.99. The number of rotatable bonds is 2. The van der Waals surface area contributed by atoms with E-state index in [1.165, 1.54) is 0 Å². The molecule has 1 N–H and O–H groups in total. The summed E-state index contributed by atoms with van der Waals surface area (Å²) in [5.74, 6) is 1.76. The number of benzene rings is 1. The first-order valence-corrected chi connectivity index (χ1v) is 5.73. The van der Waals surface area contributed by atoms with Gasteiger partial charge in [0.05, 0.1) is 31.4 Å². The number of methoxy groups -OCH3 is 1. The first kappa shape index (κ1) is 10.4. The van der Waals surface area contributed by atoms with E-state index in [4.69, 9.17) is 9.47 Å². The molecule has 0 aliphatic carbocycles. The predicted octanol–water partition coefficient (Wildman–Crippen LogP) is 1.41. The van der Waals surface area contributed by atoms with Gasteiger partial charge in [0.15, 0.2) is 0 Å². The molecule has 5 nitrogen and oxygen atoms in total. The number of imidazole rings is 1. The van der Waals surface area contributed by atoms with Crippen LogP contribution in [0.3, 0.4) is 0 Å². The highest BCUT2D eigenvalue weighted by Crippen LogP contribution is 2.22. The van der Waals surface area contributed by atoms with Gasteiger partial charge in [-0.25, -0.2) is 4.98 Å². The molecule has 1 aromatic heterocycles. The molecule has 0 spiro atoms. The minimum absolute atomic E-state index is 0.764. The van der Waals surface area contributed by atoms with Gasteiger partial charge in [0.1, 0.15) is 5.75 Å². The normalized spacial score (nSPS) is 16.4. The van der Waals surface area contributed by atoms with Crippen molar-refractivity contribution in [3.05, 3.63) is 18.2 Å². The zero-order valence-corrected chi connectivity index (χ0v) is 9.77. The van der Waals surface area contributed by atoms with Gasteiger partial charge in [0.2, 0.25) is 5.95 Å². The van der Waals surface area contributed by atoms with Crippen molar-refractivity contribution in [2.24, 2.45) is 0 Å². The van der Waals surface area contributed by atoms with E-state index < -0.39 is 0 Å². The van der Waals surface area contributed by atoms with Gasteiger partial charge in [0, 0.05) is 19.2 Å². The molecular formula is C12H15N3O2. The van der Waals surface area contributed by atoms with E-state index in [9.17, 15) is 0 Å². The molecule has 0 saturated carbocycles. The SMILES string of the molecule is COc1ccc2nc(N3CCOCC3)[nH]c2c1. The summed E-state index contributed by atoms with van der Waals surface area (Å²) in [4.78, 5) is 10.1. The van der Waals surface area contributed by atoms with Crippen LogP contribution >= 0.6 is 0 Å². The number of fused-ring (bicyclic) bond motifs is 1. The Morgan fingerprint density at radius 2 is 2.18 bits per heavy atom. The quantitative estimate of drug-likeness (QED) is 0.852. The predicted molar refractivity (Wildman–Crippen MR) is 65.7 cm³/mol. The Morgan fingerprint density at radius 3 is 2.94 bits per heavy atom. The third kappa shape index (κ3) is 1.93. The fraction of sp³-hybridized carbons (Fsp3) is 0.417. The molecule has 1 fully saturated rings. The summed E-state index contributed by atoms with van der Waals surface area (Å²) in [6.07, 6.45) is 0. The Bertz CT molecular complexity index is 517. The summed E-state index contributed by atoms with van der Waals surface area (Å²) in [6.45, 7) is 3.30. The molecule has 0 amide bonds. The van der Waals surface area contributed by atoms with Gasteiger partial charge >= 0.3 is 0 Å². The smallest absolute Gasteiger partial charge is 0.203 e. The largest absolute Gasteiger partial charge is 0.497 e. The Balaban J connectivity index is 1.95. The van der Waals surface area contributed by atoms with Crippen molar-refractivity contribution in [3.63, 3.8) is 0 Å². The summed E-state index contributed by atoms with van der Waals surface area (Å²) < 4.78 is 10.5. The van der Waals surface area contributed by atoms with E-state index in [-0.39, 0.29) is 0 Å². The van der Waals surface area contributed by atoms with Crippen LogP contribution in [0.5, 0.6) is 5.75 Å². The lowest BCUT2D eigenvalue weighted by molar-refractivity contribution is 0.122. The van der Waals surface area contributed by atoms with Gasteiger partial charge in [0.25, 0.3) is 0 Å². The van der Waals surface area contributed by atoms with Crippen LogP contribution in [0.2, 0.25) is 0 Å². The fourth-order valence-electron chi connectivity index (χ4n) is 2.03. The molecule has 1 aliphatic heterocycles. The van der Waals surface area contributed by atoms with Gasteiger partial charge < -0.3 is 19.4 Å². The number of nitrogens with zero attached hydrogens (tertiary/aromatic N) is 2. The molecule has 1 aromatic carbocycles. The highest BCUT2D eigenvalue weighted by molar-refractivity contribution is 5.79. The molecular weight excluding hydrogens is 218 g/mol. The molecule has 90 valence electrons. The van der Waals surface area contributed by atoms with Crippen molar-refractivity contribution < 1.29 is 9.47 Å². The summed E-state index contributed by atoms with van der Waals surface area (Å²) in [7, 11) is 1.67. The molecule has 2 heterocycles. The Hall–Kier alpha value is -1.75. The number of aromatic nitrogens is 2. The molecule has 17 heavy (non-hydrogen) atoms. The van der Waals surface area contributed by atoms with E-state index in [1.807, 2.05) is 18.2 Å². The Morgan fingerprint density at radius 1 is 1.35 bits per heavy atom. The molecule has 0 bridgehead atoms. The van der Waals surface area contributed by atoms with Crippen molar-refractivity contribution in [2.45, 2.75) is 0 Å². The number of nitrogens with one attached hydrogen (secondary N) is 1. The summed E-state index contributed by atoms with van der Waals surface area (Å²) in [5, 5.41) is 0. The highest BCUT2D eigenvalue weighted by Gasteiger charge is 2.14. The summed E-state index contributed by atoms with van der Waals surface area (Å²) in [6, 6.07) is 5.85. The van der Waals surface area contributed by atoms with E-state index in [0.29, 0.717) is 0 Å². The third-order valence-corrected chi connectivity index (χ3v) is 2.99. The van der Waals surface area contributed by atoms with E-state index >= 15 is 0 Å². The van der Waals surface area contributed by atoms with Gasteiger partial charge in [-0.1, -0.05) is 0 Å². The van der Waals surface area contributed by atoms with Crippen LogP contribution in [0.4, 0.5) is 5.95 Å². The zero-order valence-electron chi connectivity index (χ0n) is 9.77. The minimum Gasteiger partial charge on any atom is -0.497 e. The number of morpholine rings is 1. The average Bonchev–Trinajstić information content (AvgIpc) is 2.82. The Labute approximate surface area is 99.3 Å². The van der Waals surface area contributed by atoms with Crippen molar-refractivity contribution in [1.29, 1.82) is 0 Å². The molecule has 5 heteroatoms. The van der Waals surface area contributed by atoms with Crippen LogP contribution in [0.1, 0.15) is 0 Å². The zero-order chi connectivity index (χ0) is 11.7. The monoisotopic (exact) mass is 233 g/mol. The molecule has 3 rings (SSSR count). The van der Waals surface area contributed by atoms with E-state index in [2.05, 4.69) is 14.9 Å². The number of ether oxygens (including phenoxy) is 2. The van der Waals surface area contributed by atoms with Crippen LogP contribution in [0.25, 0.3) is 11.0 Å². The standard InChI is InChI=1S/C12H15N3O2/c1-16-9-2-3-10-11(8-9)14-12(13-10)15-4-6-17-7-5-15/h2-3,8H,4-7H2,1H3,(H,13,14). The molecule has 1 saturated heterocycles.